The number of pyridine rings is 1. The van der Waals surface area contributed by atoms with E-state index in [2.05, 4.69) is 10.3 Å². The summed E-state index contributed by atoms with van der Waals surface area (Å²) in [5.41, 5.74) is 0.531. The molecular weight excluding hydrogens is 301 g/mol. The Labute approximate surface area is 124 Å². The van der Waals surface area contributed by atoms with Gasteiger partial charge in [0, 0.05) is 32.4 Å². The number of nitrogens with one attached hydrogen (secondary N) is 1. The van der Waals surface area contributed by atoms with E-state index in [-0.39, 0.29) is 32.2 Å². The summed E-state index contributed by atoms with van der Waals surface area (Å²) in [6.07, 6.45) is -2.91. The van der Waals surface area contributed by atoms with Crippen molar-refractivity contribution in [2.75, 3.05) is 31.5 Å². The van der Waals surface area contributed by atoms with Gasteiger partial charge in [0.1, 0.15) is 6.42 Å². The predicted octanol–water partition coefficient (Wildman–Crippen LogP) is 1.71. The van der Waals surface area contributed by atoms with Crippen LogP contribution < -0.4 is 5.32 Å². The van der Waals surface area contributed by atoms with Crippen LogP contribution in [0.4, 0.5) is 23.7 Å². The number of hydrogen-bond acceptors (Lipinski definition) is 3. The number of anilines is 1. The van der Waals surface area contributed by atoms with Gasteiger partial charge in [-0.3, -0.25) is 9.78 Å². The fourth-order valence-electron chi connectivity index (χ4n) is 2.08. The molecule has 1 aromatic heterocycles. The number of amides is 3. The van der Waals surface area contributed by atoms with E-state index in [1.54, 1.807) is 18.3 Å². The SMILES string of the molecule is O=C(CC(F)(F)F)N1CCN(C(=O)Nc2cccnc2)CC1. The van der Waals surface area contributed by atoms with Crippen molar-refractivity contribution in [1.82, 2.24) is 14.8 Å². The third-order valence-corrected chi connectivity index (χ3v) is 3.18. The minimum atomic E-state index is -4.51. The number of carbonyl (C=O) groups excluding carboxylic acids is 2. The normalized spacial score (nSPS) is 15.6. The molecule has 120 valence electrons. The minimum Gasteiger partial charge on any atom is -0.339 e. The van der Waals surface area contributed by atoms with Crippen LogP contribution in [0.1, 0.15) is 6.42 Å². The maximum Gasteiger partial charge on any atom is 0.397 e. The van der Waals surface area contributed by atoms with Crippen LogP contribution in [0.15, 0.2) is 24.5 Å². The number of alkyl halides is 3. The van der Waals surface area contributed by atoms with Crippen molar-refractivity contribution < 1.29 is 22.8 Å². The van der Waals surface area contributed by atoms with Gasteiger partial charge in [-0.25, -0.2) is 4.79 Å². The van der Waals surface area contributed by atoms with Crippen LogP contribution in [0.3, 0.4) is 0 Å². The lowest BCUT2D eigenvalue weighted by molar-refractivity contribution is -0.162. The number of piperazine rings is 1. The number of carbonyl (C=O) groups is 2. The maximum absolute atomic E-state index is 12.2. The first kappa shape index (κ1) is 16.1. The molecule has 2 rings (SSSR count). The van der Waals surface area contributed by atoms with Crippen LogP contribution in [-0.2, 0) is 4.79 Å². The molecule has 1 aliphatic rings. The summed E-state index contributed by atoms with van der Waals surface area (Å²) in [5.74, 6) is -0.959. The van der Waals surface area contributed by atoms with Crippen molar-refractivity contribution in [3.05, 3.63) is 24.5 Å². The molecule has 1 N–H and O–H groups in total. The lowest BCUT2D eigenvalue weighted by Gasteiger charge is -2.34. The highest BCUT2D eigenvalue weighted by atomic mass is 19.4. The summed E-state index contributed by atoms with van der Waals surface area (Å²) in [4.78, 5) is 29.9. The summed E-state index contributed by atoms with van der Waals surface area (Å²) in [6, 6.07) is 2.98. The van der Waals surface area contributed by atoms with Gasteiger partial charge in [-0.15, -0.1) is 0 Å². The third-order valence-electron chi connectivity index (χ3n) is 3.18. The average molecular weight is 316 g/mol. The molecule has 2 heterocycles. The van der Waals surface area contributed by atoms with Gasteiger partial charge in [0.05, 0.1) is 11.9 Å². The van der Waals surface area contributed by atoms with Gasteiger partial charge in [0.15, 0.2) is 0 Å². The summed E-state index contributed by atoms with van der Waals surface area (Å²) in [6.45, 7) is 0.566. The number of rotatable bonds is 2. The molecule has 1 aliphatic heterocycles. The second-order valence-electron chi connectivity index (χ2n) is 4.83. The molecule has 0 radical (unpaired) electrons. The zero-order valence-electron chi connectivity index (χ0n) is 11.6. The molecule has 0 spiro atoms. The van der Waals surface area contributed by atoms with Crippen LogP contribution in [0, 0.1) is 0 Å². The number of halogens is 3. The lowest BCUT2D eigenvalue weighted by atomic mass is 10.3. The summed E-state index contributed by atoms with van der Waals surface area (Å²) in [7, 11) is 0. The Kier molecular flexibility index (Phi) is 4.84. The molecule has 1 aromatic rings. The van der Waals surface area contributed by atoms with Crippen molar-refractivity contribution in [2.24, 2.45) is 0 Å². The van der Waals surface area contributed by atoms with Crippen molar-refractivity contribution in [3.63, 3.8) is 0 Å². The van der Waals surface area contributed by atoms with Gasteiger partial charge in [-0.2, -0.15) is 13.2 Å². The molecule has 0 unspecified atom stereocenters. The summed E-state index contributed by atoms with van der Waals surface area (Å²) < 4.78 is 36.5. The minimum absolute atomic E-state index is 0.0926. The van der Waals surface area contributed by atoms with E-state index in [9.17, 15) is 22.8 Å². The molecule has 0 aromatic carbocycles. The Morgan fingerprint density at radius 3 is 2.36 bits per heavy atom. The second kappa shape index (κ2) is 6.63. The average Bonchev–Trinajstić information content (AvgIpc) is 2.46. The highest BCUT2D eigenvalue weighted by Gasteiger charge is 2.34. The maximum atomic E-state index is 12.2. The second-order valence-corrected chi connectivity index (χ2v) is 4.83. The Bertz CT molecular complexity index is 528. The number of aromatic nitrogens is 1. The van der Waals surface area contributed by atoms with E-state index in [4.69, 9.17) is 0 Å². The van der Waals surface area contributed by atoms with Crippen molar-refractivity contribution in [1.29, 1.82) is 0 Å². The Balaban J connectivity index is 1.82. The van der Waals surface area contributed by atoms with Gasteiger partial charge in [0.2, 0.25) is 5.91 Å². The first-order chi connectivity index (χ1) is 10.3. The van der Waals surface area contributed by atoms with Crippen molar-refractivity contribution >= 4 is 17.6 Å². The Morgan fingerprint density at radius 2 is 1.82 bits per heavy atom. The van der Waals surface area contributed by atoms with Crippen LogP contribution in [0.2, 0.25) is 0 Å². The van der Waals surface area contributed by atoms with E-state index in [1.165, 1.54) is 11.1 Å². The predicted molar refractivity (Wildman–Crippen MR) is 72.1 cm³/mol. The molecule has 0 bridgehead atoms. The third kappa shape index (κ3) is 4.61. The van der Waals surface area contributed by atoms with E-state index < -0.39 is 18.5 Å². The van der Waals surface area contributed by atoms with Gasteiger partial charge in [0.25, 0.3) is 0 Å². The molecule has 22 heavy (non-hydrogen) atoms. The largest absolute Gasteiger partial charge is 0.397 e. The quantitative estimate of drug-likeness (QED) is 0.903. The first-order valence-corrected chi connectivity index (χ1v) is 6.65. The van der Waals surface area contributed by atoms with Gasteiger partial charge >= 0.3 is 12.2 Å². The molecule has 1 fully saturated rings. The summed E-state index contributed by atoms with van der Waals surface area (Å²) >= 11 is 0. The van der Waals surface area contributed by atoms with Gasteiger partial charge < -0.3 is 15.1 Å². The molecule has 9 heteroatoms. The van der Waals surface area contributed by atoms with Gasteiger partial charge in [-0.1, -0.05) is 0 Å². The Hall–Kier alpha value is -2.32. The first-order valence-electron chi connectivity index (χ1n) is 6.65. The van der Waals surface area contributed by atoms with Crippen molar-refractivity contribution in [3.8, 4) is 0 Å². The topological polar surface area (TPSA) is 65.5 Å². The molecule has 6 nitrogen and oxygen atoms in total. The van der Waals surface area contributed by atoms with E-state index >= 15 is 0 Å². The monoisotopic (exact) mass is 316 g/mol. The Morgan fingerprint density at radius 1 is 1.18 bits per heavy atom. The van der Waals surface area contributed by atoms with Crippen LogP contribution in [-0.4, -0.2) is 59.1 Å². The fourth-order valence-corrected chi connectivity index (χ4v) is 2.08. The van der Waals surface area contributed by atoms with E-state index in [0.717, 1.165) is 4.90 Å². The molecule has 1 saturated heterocycles. The molecule has 0 aliphatic carbocycles. The number of hydrogen-bond donors (Lipinski definition) is 1. The van der Waals surface area contributed by atoms with Crippen LogP contribution >= 0.6 is 0 Å². The lowest BCUT2D eigenvalue weighted by Crippen LogP contribution is -2.52. The van der Waals surface area contributed by atoms with E-state index in [1.807, 2.05) is 0 Å². The molecule has 0 atom stereocenters. The fraction of sp³-hybridized carbons (Fsp3) is 0.462. The van der Waals surface area contributed by atoms with Crippen LogP contribution in [0.25, 0.3) is 0 Å². The molecule has 0 saturated carbocycles. The number of urea groups is 1. The zero-order valence-corrected chi connectivity index (χ0v) is 11.6. The molecule has 3 amide bonds. The summed E-state index contributed by atoms with van der Waals surface area (Å²) in [5, 5.41) is 2.63. The van der Waals surface area contributed by atoms with Gasteiger partial charge in [-0.05, 0) is 12.1 Å². The smallest absolute Gasteiger partial charge is 0.339 e. The van der Waals surface area contributed by atoms with Crippen LogP contribution in [0.5, 0.6) is 0 Å². The molecular formula is C13H15F3N4O2. The zero-order chi connectivity index (χ0) is 16.2. The van der Waals surface area contributed by atoms with E-state index in [0.29, 0.717) is 5.69 Å². The number of nitrogens with zero attached hydrogens (tertiary/aromatic N) is 3. The standard InChI is InChI=1S/C13H15F3N4O2/c14-13(15,16)8-11(21)19-4-6-20(7-5-19)12(22)18-10-2-1-3-17-9-10/h1-3,9H,4-8H2,(H,18,22). The van der Waals surface area contributed by atoms with Crippen molar-refractivity contribution in [2.45, 2.75) is 12.6 Å². The highest BCUT2D eigenvalue weighted by molar-refractivity contribution is 5.89. The highest BCUT2D eigenvalue weighted by Crippen LogP contribution is 2.21.